The van der Waals surface area contributed by atoms with Crippen molar-refractivity contribution >= 4 is 5.78 Å². The summed E-state index contributed by atoms with van der Waals surface area (Å²) in [7, 11) is 0. The van der Waals surface area contributed by atoms with E-state index in [1.165, 1.54) is 0 Å². The Bertz CT molecular complexity index is 613. The van der Waals surface area contributed by atoms with E-state index in [9.17, 15) is 20.1 Å². The monoisotopic (exact) mass is 348 g/mol. The first-order valence-corrected chi connectivity index (χ1v) is 9.94. The summed E-state index contributed by atoms with van der Waals surface area (Å²) in [6.45, 7) is 6.06. The maximum atomic E-state index is 12.2. The van der Waals surface area contributed by atoms with Gasteiger partial charge in [0.1, 0.15) is 5.78 Å². The molecule has 0 aromatic rings. The molecule has 4 aliphatic carbocycles. The molecule has 4 aliphatic rings. The highest BCUT2D eigenvalue weighted by Crippen LogP contribution is 2.66. The van der Waals surface area contributed by atoms with E-state index in [-0.39, 0.29) is 46.4 Å². The molecule has 0 bridgehead atoms. The molecule has 0 aromatic carbocycles. The Hall–Kier alpha value is -0.710. The topological polar surface area (TPSA) is 77.8 Å². The van der Waals surface area contributed by atoms with Gasteiger partial charge in [0.15, 0.2) is 0 Å². The lowest BCUT2D eigenvalue weighted by atomic mass is 9.46. The molecule has 140 valence electrons. The zero-order chi connectivity index (χ0) is 18.1. The van der Waals surface area contributed by atoms with Gasteiger partial charge < -0.3 is 15.3 Å². The van der Waals surface area contributed by atoms with Crippen molar-refractivity contribution < 1.29 is 20.1 Å². The lowest BCUT2D eigenvalue weighted by Crippen LogP contribution is -2.60. The first kappa shape index (κ1) is 17.7. The maximum absolute atomic E-state index is 12.2. The lowest BCUT2D eigenvalue weighted by Gasteiger charge is -2.60. The lowest BCUT2D eigenvalue weighted by molar-refractivity contribution is -0.157. The van der Waals surface area contributed by atoms with Crippen LogP contribution in [0.25, 0.3) is 0 Å². The van der Waals surface area contributed by atoms with Crippen LogP contribution in [0.3, 0.4) is 0 Å². The summed E-state index contributed by atoms with van der Waals surface area (Å²) < 4.78 is 0. The van der Waals surface area contributed by atoms with Gasteiger partial charge in [0.25, 0.3) is 0 Å². The maximum Gasteiger partial charge on any atom is 0.133 e. The third kappa shape index (κ3) is 2.33. The van der Waals surface area contributed by atoms with E-state index in [0.29, 0.717) is 12.8 Å². The van der Waals surface area contributed by atoms with Crippen molar-refractivity contribution in [1.29, 1.82) is 0 Å². The van der Waals surface area contributed by atoms with Crippen LogP contribution < -0.4 is 0 Å². The van der Waals surface area contributed by atoms with Crippen LogP contribution in [0.15, 0.2) is 11.6 Å². The van der Waals surface area contributed by atoms with Gasteiger partial charge in [0.05, 0.1) is 18.3 Å². The molecule has 0 spiro atoms. The van der Waals surface area contributed by atoms with Gasteiger partial charge in [-0.25, -0.2) is 0 Å². The summed E-state index contributed by atoms with van der Waals surface area (Å²) >= 11 is 0. The third-order valence-electron chi connectivity index (χ3n) is 8.53. The largest absolute Gasteiger partial charge is 0.393 e. The van der Waals surface area contributed by atoms with Crippen LogP contribution in [0.2, 0.25) is 0 Å². The molecule has 9 atom stereocenters. The van der Waals surface area contributed by atoms with Crippen molar-refractivity contribution in [3.05, 3.63) is 11.6 Å². The van der Waals surface area contributed by atoms with Gasteiger partial charge in [-0.05, 0) is 74.0 Å². The first-order chi connectivity index (χ1) is 11.7. The molecule has 0 aliphatic heterocycles. The Morgan fingerprint density at radius 3 is 2.56 bits per heavy atom. The number of fused-ring (bicyclic) bond motifs is 5. The predicted molar refractivity (Wildman–Crippen MR) is 94.7 cm³/mol. The first-order valence-electron chi connectivity index (χ1n) is 9.94. The summed E-state index contributed by atoms with van der Waals surface area (Å²) in [4.78, 5) is 12.2. The number of aliphatic hydroxyl groups is 3. The van der Waals surface area contributed by atoms with Crippen LogP contribution in [0, 0.1) is 34.5 Å². The Kier molecular flexibility index (Phi) is 3.99. The smallest absolute Gasteiger partial charge is 0.133 e. The van der Waals surface area contributed by atoms with Crippen LogP contribution >= 0.6 is 0 Å². The van der Waals surface area contributed by atoms with Crippen LogP contribution in [-0.2, 0) is 4.79 Å². The molecule has 3 fully saturated rings. The van der Waals surface area contributed by atoms with Crippen LogP contribution in [-0.4, -0.2) is 39.4 Å². The van der Waals surface area contributed by atoms with Gasteiger partial charge in [0.2, 0.25) is 0 Å². The summed E-state index contributed by atoms with van der Waals surface area (Å²) in [5, 5.41) is 32.3. The minimum atomic E-state index is -0.580. The number of aliphatic hydroxyl groups excluding tert-OH is 3. The molecule has 0 heterocycles. The Morgan fingerprint density at radius 2 is 1.88 bits per heavy atom. The van der Waals surface area contributed by atoms with Crippen molar-refractivity contribution in [1.82, 2.24) is 0 Å². The van der Waals surface area contributed by atoms with Crippen LogP contribution in [0.1, 0.15) is 59.3 Å². The third-order valence-corrected chi connectivity index (χ3v) is 8.53. The second kappa shape index (κ2) is 5.64. The Balaban J connectivity index is 1.77. The predicted octanol–water partition coefficient (Wildman–Crippen LogP) is 2.46. The van der Waals surface area contributed by atoms with E-state index in [2.05, 4.69) is 13.8 Å². The van der Waals surface area contributed by atoms with Gasteiger partial charge in [-0.15, -0.1) is 0 Å². The second-order valence-corrected chi connectivity index (χ2v) is 9.72. The van der Waals surface area contributed by atoms with Gasteiger partial charge in [0, 0.05) is 5.92 Å². The number of rotatable bonds is 1. The minimum absolute atomic E-state index is 0.00617. The second-order valence-electron chi connectivity index (χ2n) is 9.72. The van der Waals surface area contributed by atoms with Crippen molar-refractivity contribution in [2.45, 2.75) is 77.6 Å². The molecule has 3 unspecified atom stereocenters. The highest BCUT2D eigenvalue weighted by atomic mass is 16.3. The molecule has 4 nitrogen and oxygen atoms in total. The summed E-state index contributed by atoms with van der Waals surface area (Å²) in [5.41, 5.74) is 0.783. The number of hydrogen-bond donors (Lipinski definition) is 3. The fourth-order valence-corrected chi connectivity index (χ4v) is 7.41. The molecule has 4 heteroatoms. The molecule has 0 aromatic heterocycles. The fraction of sp³-hybridized carbons (Fsp3) is 0.857. The normalized spacial score (nSPS) is 55.0. The van der Waals surface area contributed by atoms with E-state index in [4.69, 9.17) is 0 Å². The zero-order valence-corrected chi connectivity index (χ0v) is 15.6. The molecule has 3 saturated carbocycles. The molecule has 4 rings (SSSR count). The van der Waals surface area contributed by atoms with E-state index in [1.807, 2.05) is 6.08 Å². The zero-order valence-electron chi connectivity index (χ0n) is 15.6. The summed E-state index contributed by atoms with van der Waals surface area (Å²) in [5.74, 6) is 0.558. The fourth-order valence-electron chi connectivity index (χ4n) is 7.41. The van der Waals surface area contributed by atoms with Gasteiger partial charge in [-0.2, -0.15) is 0 Å². The number of ketones is 1. The summed E-state index contributed by atoms with van der Waals surface area (Å²) in [6, 6.07) is 0. The number of carbonyl (C=O) groups excluding carboxylic acids is 1. The van der Waals surface area contributed by atoms with E-state index < -0.39 is 12.2 Å². The quantitative estimate of drug-likeness (QED) is 0.636. The van der Waals surface area contributed by atoms with E-state index >= 15 is 0 Å². The molecular weight excluding hydrogens is 316 g/mol. The average Bonchev–Trinajstić information content (AvgIpc) is 2.85. The molecule has 3 N–H and O–H groups in total. The molecule has 0 saturated heterocycles. The number of Topliss-reactive ketones (excluding diaryl/α,β-unsaturated/α-hetero) is 1. The molecule has 0 radical (unpaired) electrons. The van der Waals surface area contributed by atoms with Crippen molar-refractivity contribution in [3.63, 3.8) is 0 Å². The standard InChI is InChI=1S/C21H32O4/c1-11(22)14-4-5-15-18-16(24)9-12-8-13(23)6-7-20(12,2)19(18)17(25)10-21(14,15)3/h9,13-19,23-25H,4-8,10H2,1-3H3/t13-,14+,15-,16-,17+,18?,19-,20?,21?/m0/s1. The van der Waals surface area contributed by atoms with E-state index in [0.717, 1.165) is 31.3 Å². The Morgan fingerprint density at radius 1 is 1.16 bits per heavy atom. The average molecular weight is 348 g/mol. The van der Waals surface area contributed by atoms with Gasteiger partial charge >= 0.3 is 0 Å². The van der Waals surface area contributed by atoms with Crippen molar-refractivity contribution in [2.24, 2.45) is 34.5 Å². The summed E-state index contributed by atoms with van der Waals surface area (Å²) in [6.07, 6.45) is 5.31. The van der Waals surface area contributed by atoms with Crippen molar-refractivity contribution in [3.8, 4) is 0 Å². The highest BCUT2D eigenvalue weighted by Gasteiger charge is 2.64. The van der Waals surface area contributed by atoms with Gasteiger partial charge in [-0.3, -0.25) is 4.79 Å². The molecular formula is C21H32O4. The SMILES string of the molecule is CC(=O)[C@H]1CC[C@H]2C3[C@H]([C@H](O)CC12C)C1(C)CC[C@H](O)CC1=C[C@@H]3O. The van der Waals surface area contributed by atoms with E-state index in [1.54, 1.807) is 6.92 Å². The minimum Gasteiger partial charge on any atom is -0.393 e. The molecule has 25 heavy (non-hydrogen) atoms. The van der Waals surface area contributed by atoms with Gasteiger partial charge in [-0.1, -0.05) is 25.5 Å². The number of carbonyl (C=O) groups is 1. The molecule has 0 amide bonds. The number of hydrogen-bond acceptors (Lipinski definition) is 4. The van der Waals surface area contributed by atoms with Crippen LogP contribution in [0.5, 0.6) is 0 Å². The Labute approximate surface area is 150 Å². The van der Waals surface area contributed by atoms with Crippen molar-refractivity contribution in [2.75, 3.05) is 0 Å². The van der Waals surface area contributed by atoms with Crippen LogP contribution in [0.4, 0.5) is 0 Å². The highest BCUT2D eigenvalue weighted by molar-refractivity contribution is 5.79.